The maximum Gasteiger partial charge on any atom is 0.264 e. The minimum atomic E-state index is -0.0105. The average Bonchev–Trinajstić information content (AvgIpc) is 3.01. The Labute approximate surface area is 137 Å². The Kier molecular flexibility index (Phi) is 4.45. The summed E-state index contributed by atoms with van der Waals surface area (Å²) in [6.07, 6.45) is 0. The lowest BCUT2D eigenvalue weighted by Crippen LogP contribution is -2.50. The van der Waals surface area contributed by atoms with Gasteiger partial charge in [0.1, 0.15) is 0 Å². The highest BCUT2D eigenvalue weighted by Gasteiger charge is 2.26. The van der Waals surface area contributed by atoms with E-state index in [2.05, 4.69) is 0 Å². The van der Waals surface area contributed by atoms with Crippen LogP contribution in [-0.4, -0.2) is 47.8 Å². The molecule has 1 aliphatic rings. The Morgan fingerprint density at radius 2 is 1.45 bits per heavy atom. The van der Waals surface area contributed by atoms with Crippen molar-refractivity contribution in [1.29, 1.82) is 0 Å². The number of carbonyl (C=O) groups excluding carboxylic acids is 2. The number of carbonyl (C=O) groups is 2. The zero-order chi connectivity index (χ0) is 15.5. The molecule has 0 bridgehead atoms. The fourth-order valence-electron chi connectivity index (χ4n) is 2.46. The molecule has 6 heteroatoms. The fraction of sp³-hybridized carbons (Fsp3) is 0.250. The van der Waals surface area contributed by atoms with E-state index in [0.717, 1.165) is 0 Å². The largest absolute Gasteiger partial charge is 0.335 e. The quantitative estimate of drug-likeness (QED) is 0.847. The van der Waals surface area contributed by atoms with Crippen LogP contribution in [0.25, 0.3) is 0 Å². The SMILES string of the molecule is O=C(c1ccccc1)N1CCN(C(=O)c2ccc(Cl)s2)CC1. The molecule has 0 radical (unpaired) electrons. The topological polar surface area (TPSA) is 40.6 Å². The molecule has 1 aliphatic heterocycles. The summed E-state index contributed by atoms with van der Waals surface area (Å²) in [7, 11) is 0. The number of hydrogen-bond acceptors (Lipinski definition) is 3. The van der Waals surface area contributed by atoms with Crippen molar-refractivity contribution in [3.05, 3.63) is 57.2 Å². The van der Waals surface area contributed by atoms with Crippen LogP contribution < -0.4 is 0 Å². The number of piperazine rings is 1. The van der Waals surface area contributed by atoms with Crippen LogP contribution in [0.15, 0.2) is 42.5 Å². The van der Waals surface area contributed by atoms with E-state index in [1.54, 1.807) is 21.9 Å². The highest BCUT2D eigenvalue weighted by molar-refractivity contribution is 7.17. The van der Waals surface area contributed by atoms with Gasteiger partial charge < -0.3 is 9.80 Å². The molecular weight excluding hydrogens is 320 g/mol. The van der Waals surface area contributed by atoms with Gasteiger partial charge in [0.25, 0.3) is 11.8 Å². The number of amides is 2. The molecule has 4 nitrogen and oxygen atoms in total. The van der Waals surface area contributed by atoms with Gasteiger partial charge in [-0.25, -0.2) is 0 Å². The van der Waals surface area contributed by atoms with Gasteiger partial charge in [-0.1, -0.05) is 29.8 Å². The minimum absolute atomic E-state index is 0.0105. The van der Waals surface area contributed by atoms with Crippen molar-refractivity contribution in [3.8, 4) is 0 Å². The first kappa shape index (κ1) is 15.1. The standard InChI is InChI=1S/C16H15ClN2O2S/c17-14-7-6-13(22-14)16(21)19-10-8-18(9-11-19)15(20)12-4-2-1-3-5-12/h1-7H,8-11H2. The smallest absolute Gasteiger partial charge is 0.264 e. The van der Waals surface area contributed by atoms with Crippen molar-refractivity contribution in [1.82, 2.24) is 9.80 Å². The lowest BCUT2D eigenvalue weighted by molar-refractivity contribution is 0.0538. The molecule has 1 aromatic carbocycles. The van der Waals surface area contributed by atoms with Crippen LogP contribution in [0.5, 0.6) is 0 Å². The highest BCUT2D eigenvalue weighted by Crippen LogP contribution is 2.23. The molecule has 1 aromatic heterocycles. The molecule has 0 saturated carbocycles. The summed E-state index contributed by atoms with van der Waals surface area (Å²) in [5.41, 5.74) is 0.687. The molecule has 0 unspecified atom stereocenters. The van der Waals surface area contributed by atoms with E-state index in [4.69, 9.17) is 11.6 Å². The van der Waals surface area contributed by atoms with Gasteiger partial charge in [-0.05, 0) is 24.3 Å². The van der Waals surface area contributed by atoms with Gasteiger partial charge in [-0.2, -0.15) is 0 Å². The zero-order valence-electron chi connectivity index (χ0n) is 11.9. The average molecular weight is 335 g/mol. The van der Waals surface area contributed by atoms with Gasteiger partial charge in [-0.3, -0.25) is 9.59 Å². The first-order valence-corrected chi connectivity index (χ1v) is 8.23. The van der Waals surface area contributed by atoms with E-state index in [9.17, 15) is 9.59 Å². The van der Waals surface area contributed by atoms with Crippen molar-refractivity contribution in [2.75, 3.05) is 26.2 Å². The van der Waals surface area contributed by atoms with Crippen LogP contribution in [0, 0.1) is 0 Å². The second-order valence-corrected chi connectivity index (χ2v) is 6.77. The van der Waals surface area contributed by atoms with E-state index >= 15 is 0 Å². The molecule has 0 N–H and O–H groups in total. The molecule has 2 amide bonds. The van der Waals surface area contributed by atoms with E-state index < -0.39 is 0 Å². The predicted octanol–water partition coefficient (Wildman–Crippen LogP) is 3.00. The van der Waals surface area contributed by atoms with Gasteiger partial charge >= 0.3 is 0 Å². The van der Waals surface area contributed by atoms with Crippen LogP contribution in [-0.2, 0) is 0 Å². The number of rotatable bonds is 2. The summed E-state index contributed by atoms with van der Waals surface area (Å²) in [5.74, 6) is 0.00979. The van der Waals surface area contributed by atoms with Gasteiger partial charge in [0.2, 0.25) is 0 Å². The normalized spacial score (nSPS) is 15.0. The number of nitrogens with zero attached hydrogens (tertiary/aromatic N) is 2. The van der Waals surface area contributed by atoms with Crippen molar-refractivity contribution in [2.24, 2.45) is 0 Å². The summed E-state index contributed by atoms with van der Waals surface area (Å²) in [6, 6.07) is 12.7. The van der Waals surface area contributed by atoms with Gasteiger partial charge in [0.15, 0.2) is 0 Å². The van der Waals surface area contributed by atoms with Crippen LogP contribution in [0.2, 0.25) is 4.34 Å². The van der Waals surface area contributed by atoms with Crippen molar-refractivity contribution >= 4 is 34.8 Å². The lowest BCUT2D eigenvalue weighted by Gasteiger charge is -2.34. The molecule has 114 valence electrons. The Balaban J connectivity index is 1.61. The number of benzene rings is 1. The summed E-state index contributed by atoms with van der Waals surface area (Å²) >= 11 is 7.16. The van der Waals surface area contributed by atoms with Gasteiger partial charge in [-0.15, -0.1) is 11.3 Å². The van der Waals surface area contributed by atoms with Gasteiger partial charge in [0.05, 0.1) is 9.21 Å². The Bertz CT molecular complexity index is 678. The van der Waals surface area contributed by atoms with Crippen molar-refractivity contribution < 1.29 is 9.59 Å². The van der Waals surface area contributed by atoms with E-state index in [0.29, 0.717) is 41.0 Å². The van der Waals surface area contributed by atoms with Crippen molar-refractivity contribution in [2.45, 2.75) is 0 Å². The highest BCUT2D eigenvalue weighted by atomic mass is 35.5. The fourth-order valence-corrected chi connectivity index (χ4v) is 3.47. The maximum absolute atomic E-state index is 12.4. The second kappa shape index (κ2) is 6.50. The van der Waals surface area contributed by atoms with E-state index in [-0.39, 0.29) is 11.8 Å². The summed E-state index contributed by atoms with van der Waals surface area (Å²) in [6.45, 7) is 2.21. The van der Waals surface area contributed by atoms with E-state index in [1.165, 1.54) is 11.3 Å². The minimum Gasteiger partial charge on any atom is -0.335 e. The molecular formula is C16H15ClN2O2S. The summed E-state index contributed by atoms with van der Waals surface area (Å²) in [5, 5.41) is 0. The third kappa shape index (κ3) is 3.15. The van der Waals surface area contributed by atoms with Crippen LogP contribution in [0.4, 0.5) is 0 Å². The molecule has 2 heterocycles. The Morgan fingerprint density at radius 1 is 0.864 bits per heavy atom. The molecule has 22 heavy (non-hydrogen) atoms. The predicted molar refractivity (Wildman–Crippen MR) is 87.6 cm³/mol. The molecule has 3 rings (SSSR count). The van der Waals surface area contributed by atoms with Gasteiger partial charge in [0, 0.05) is 31.7 Å². The zero-order valence-corrected chi connectivity index (χ0v) is 13.4. The number of halogens is 1. The molecule has 0 spiro atoms. The Morgan fingerprint density at radius 3 is 2.00 bits per heavy atom. The number of thiophene rings is 1. The lowest BCUT2D eigenvalue weighted by atomic mass is 10.2. The van der Waals surface area contributed by atoms with Crippen molar-refractivity contribution in [3.63, 3.8) is 0 Å². The van der Waals surface area contributed by atoms with Crippen LogP contribution in [0.3, 0.4) is 0 Å². The van der Waals surface area contributed by atoms with E-state index in [1.807, 2.05) is 30.3 Å². The Hall–Kier alpha value is -1.85. The molecule has 1 saturated heterocycles. The number of hydrogen-bond donors (Lipinski definition) is 0. The van der Waals surface area contributed by atoms with Crippen LogP contribution >= 0.6 is 22.9 Å². The molecule has 0 atom stereocenters. The first-order valence-electron chi connectivity index (χ1n) is 7.04. The second-order valence-electron chi connectivity index (χ2n) is 5.05. The molecule has 1 fully saturated rings. The third-order valence-corrected chi connectivity index (χ3v) is 4.88. The molecule has 2 aromatic rings. The summed E-state index contributed by atoms with van der Waals surface area (Å²) < 4.78 is 0.612. The third-order valence-electron chi connectivity index (χ3n) is 3.66. The monoisotopic (exact) mass is 334 g/mol. The molecule has 0 aliphatic carbocycles. The first-order chi connectivity index (χ1) is 10.6. The summed E-state index contributed by atoms with van der Waals surface area (Å²) in [4.78, 5) is 28.9. The van der Waals surface area contributed by atoms with Crippen LogP contribution in [0.1, 0.15) is 20.0 Å². The maximum atomic E-state index is 12.4.